The van der Waals surface area contributed by atoms with Gasteiger partial charge in [-0.15, -0.1) is 0 Å². The van der Waals surface area contributed by atoms with Gasteiger partial charge in [0.1, 0.15) is 6.33 Å². The van der Waals surface area contributed by atoms with Crippen LogP contribution in [0.3, 0.4) is 0 Å². The van der Waals surface area contributed by atoms with Crippen molar-refractivity contribution in [3.05, 3.63) is 42.2 Å². The fourth-order valence-electron chi connectivity index (χ4n) is 4.90. The normalized spacial score (nSPS) is 31.1. The zero-order valence-electron chi connectivity index (χ0n) is 16.1. The van der Waals surface area contributed by atoms with E-state index in [9.17, 15) is 0 Å². The van der Waals surface area contributed by atoms with E-state index in [4.69, 9.17) is 4.74 Å². The fraction of sp³-hybridized carbons (Fsp3) is 0.667. The van der Waals surface area contributed by atoms with Gasteiger partial charge in [-0.05, 0) is 55.9 Å². The maximum Gasteiger partial charge on any atom is 0.115 e. The molecule has 3 heterocycles. The minimum atomic E-state index is 0.297. The quantitative estimate of drug-likeness (QED) is 0.786. The largest absolute Gasteiger partial charge is 0.376 e. The summed E-state index contributed by atoms with van der Waals surface area (Å²) < 4.78 is 8.62. The van der Waals surface area contributed by atoms with E-state index in [1.54, 1.807) is 6.33 Å². The summed E-state index contributed by atoms with van der Waals surface area (Å²) in [6.07, 6.45) is 14.9. The minimum Gasteiger partial charge on any atom is -0.376 e. The van der Waals surface area contributed by atoms with Gasteiger partial charge in [0.05, 0.1) is 18.3 Å². The van der Waals surface area contributed by atoms with Crippen LogP contribution in [0, 0.1) is 24.7 Å². The summed E-state index contributed by atoms with van der Waals surface area (Å²) in [6.45, 7) is 6.32. The van der Waals surface area contributed by atoms with Crippen LogP contribution in [0.5, 0.6) is 0 Å². The van der Waals surface area contributed by atoms with Crippen LogP contribution >= 0.6 is 0 Å². The molecule has 0 N–H and O–H groups in total. The summed E-state index contributed by atoms with van der Waals surface area (Å²) >= 11 is 0. The lowest BCUT2D eigenvalue weighted by Crippen LogP contribution is -2.38. The number of fused-ring (bicyclic) bond motifs is 1. The van der Waals surface area contributed by atoms with Crippen LogP contribution in [0.1, 0.15) is 42.9 Å². The van der Waals surface area contributed by atoms with E-state index in [0.717, 1.165) is 50.4 Å². The number of aromatic nitrogens is 4. The molecule has 2 aliphatic carbocycles. The van der Waals surface area contributed by atoms with Crippen LogP contribution in [0.4, 0.5) is 0 Å². The Balaban J connectivity index is 1.28. The van der Waals surface area contributed by atoms with E-state index in [-0.39, 0.29) is 0 Å². The van der Waals surface area contributed by atoms with Gasteiger partial charge in [0.25, 0.3) is 0 Å². The average molecular weight is 367 g/mol. The Morgan fingerprint density at radius 3 is 2.56 bits per heavy atom. The second kappa shape index (κ2) is 7.32. The van der Waals surface area contributed by atoms with E-state index in [0.29, 0.717) is 12.1 Å². The second-order valence-corrected chi connectivity index (χ2v) is 8.81. The lowest BCUT2D eigenvalue weighted by Gasteiger charge is -2.38. The molecule has 4 atom stereocenters. The van der Waals surface area contributed by atoms with Gasteiger partial charge >= 0.3 is 0 Å². The summed E-state index contributed by atoms with van der Waals surface area (Å²) in [7, 11) is 0. The highest BCUT2D eigenvalue weighted by Crippen LogP contribution is 2.43. The Morgan fingerprint density at radius 1 is 1.07 bits per heavy atom. The van der Waals surface area contributed by atoms with E-state index in [1.165, 1.54) is 30.4 Å². The van der Waals surface area contributed by atoms with Gasteiger partial charge in [-0.25, -0.2) is 9.97 Å². The van der Waals surface area contributed by atoms with Crippen molar-refractivity contribution in [2.45, 2.75) is 51.3 Å². The molecule has 0 aromatic carbocycles. The van der Waals surface area contributed by atoms with Gasteiger partial charge in [0, 0.05) is 50.4 Å². The van der Waals surface area contributed by atoms with E-state index in [2.05, 4.69) is 37.8 Å². The van der Waals surface area contributed by atoms with E-state index >= 15 is 0 Å². The second-order valence-electron chi connectivity index (χ2n) is 8.81. The van der Waals surface area contributed by atoms with Crippen molar-refractivity contribution in [2.24, 2.45) is 17.8 Å². The lowest BCUT2D eigenvalue weighted by atomic mass is 9.77. The Bertz CT molecular complexity index is 759. The SMILES string of the molecule is Cc1cnn([C@H]2C[C@H]3CN(Cc4cncnc4)C[C@H]3C[C@@H]2OCC2CC2)c1. The Labute approximate surface area is 161 Å². The molecule has 0 unspecified atom stereocenters. The number of hydrogen-bond acceptors (Lipinski definition) is 5. The van der Waals surface area contributed by atoms with Gasteiger partial charge in [-0.3, -0.25) is 9.58 Å². The van der Waals surface area contributed by atoms with Crippen LogP contribution in [-0.4, -0.2) is 50.4 Å². The molecule has 6 nitrogen and oxygen atoms in total. The first-order chi connectivity index (χ1) is 13.2. The summed E-state index contributed by atoms with van der Waals surface area (Å²) in [5.74, 6) is 2.26. The molecule has 2 saturated carbocycles. The number of aryl methyl sites for hydroxylation is 1. The summed E-state index contributed by atoms with van der Waals surface area (Å²) in [5.41, 5.74) is 2.44. The van der Waals surface area contributed by atoms with Crippen molar-refractivity contribution in [2.75, 3.05) is 19.7 Å². The maximum atomic E-state index is 6.45. The molecule has 5 rings (SSSR count). The third-order valence-electron chi connectivity index (χ3n) is 6.49. The smallest absolute Gasteiger partial charge is 0.115 e. The molecule has 27 heavy (non-hydrogen) atoms. The number of nitrogens with zero attached hydrogens (tertiary/aromatic N) is 5. The first kappa shape index (κ1) is 17.3. The van der Waals surface area contributed by atoms with Crippen molar-refractivity contribution in [1.82, 2.24) is 24.6 Å². The lowest BCUT2D eigenvalue weighted by molar-refractivity contribution is -0.0371. The zero-order chi connectivity index (χ0) is 18.2. The fourth-order valence-corrected chi connectivity index (χ4v) is 4.90. The molecule has 0 radical (unpaired) electrons. The average Bonchev–Trinajstić information content (AvgIpc) is 3.28. The summed E-state index contributed by atoms with van der Waals surface area (Å²) in [6, 6.07) is 0.374. The molecule has 0 bridgehead atoms. The van der Waals surface area contributed by atoms with Crippen LogP contribution < -0.4 is 0 Å². The van der Waals surface area contributed by atoms with Gasteiger partial charge in [0.15, 0.2) is 0 Å². The van der Waals surface area contributed by atoms with Crippen molar-refractivity contribution in [3.63, 3.8) is 0 Å². The molecule has 0 amide bonds. The molecule has 2 aromatic rings. The van der Waals surface area contributed by atoms with Crippen molar-refractivity contribution >= 4 is 0 Å². The molecular formula is C21H29N5O. The van der Waals surface area contributed by atoms with Crippen molar-refractivity contribution in [3.8, 4) is 0 Å². The van der Waals surface area contributed by atoms with Gasteiger partial charge in [-0.1, -0.05) is 0 Å². The molecule has 1 saturated heterocycles. The van der Waals surface area contributed by atoms with Crippen LogP contribution in [0.15, 0.2) is 31.1 Å². The van der Waals surface area contributed by atoms with Gasteiger partial charge in [-0.2, -0.15) is 5.10 Å². The third-order valence-corrected chi connectivity index (χ3v) is 6.49. The molecule has 2 aromatic heterocycles. The molecule has 6 heteroatoms. The first-order valence-corrected chi connectivity index (χ1v) is 10.3. The van der Waals surface area contributed by atoms with E-state index in [1.807, 2.05) is 18.6 Å². The highest BCUT2D eigenvalue weighted by atomic mass is 16.5. The number of rotatable bonds is 6. The third kappa shape index (κ3) is 3.92. The highest BCUT2D eigenvalue weighted by molar-refractivity contribution is 5.06. The maximum absolute atomic E-state index is 6.45. The Kier molecular flexibility index (Phi) is 4.70. The van der Waals surface area contributed by atoms with Crippen LogP contribution in [-0.2, 0) is 11.3 Å². The molecule has 144 valence electrons. The molecular weight excluding hydrogens is 338 g/mol. The predicted octanol–water partition coefficient (Wildman–Crippen LogP) is 2.86. The monoisotopic (exact) mass is 367 g/mol. The van der Waals surface area contributed by atoms with Crippen LogP contribution in [0.25, 0.3) is 0 Å². The topological polar surface area (TPSA) is 56.1 Å². The predicted molar refractivity (Wildman–Crippen MR) is 102 cm³/mol. The van der Waals surface area contributed by atoms with Gasteiger partial charge in [0.2, 0.25) is 0 Å². The summed E-state index contributed by atoms with van der Waals surface area (Å²) in [4.78, 5) is 10.9. The van der Waals surface area contributed by atoms with Gasteiger partial charge < -0.3 is 4.74 Å². The number of ether oxygens (including phenoxy) is 1. The number of hydrogen-bond donors (Lipinski definition) is 0. The standard InChI is InChI=1S/C21H29N5O/c1-15-6-24-26(9-15)20-4-18-11-25(10-17-7-22-14-23-8-17)12-19(18)5-21(20)27-13-16-2-3-16/h6-9,14,16,18-21H,2-5,10-13H2,1H3/t18-,19+,20-,21-/m0/s1. The molecule has 1 aliphatic heterocycles. The highest BCUT2D eigenvalue weighted by Gasteiger charge is 2.44. The van der Waals surface area contributed by atoms with Crippen molar-refractivity contribution < 1.29 is 4.74 Å². The first-order valence-electron chi connectivity index (χ1n) is 10.3. The van der Waals surface area contributed by atoms with Crippen LogP contribution in [0.2, 0.25) is 0 Å². The minimum absolute atomic E-state index is 0.297. The van der Waals surface area contributed by atoms with E-state index < -0.39 is 0 Å². The number of likely N-dealkylation sites (tertiary alicyclic amines) is 1. The Hall–Kier alpha value is -1.79. The summed E-state index contributed by atoms with van der Waals surface area (Å²) in [5, 5.41) is 4.64. The Morgan fingerprint density at radius 2 is 1.85 bits per heavy atom. The molecule has 3 fully saturated rings. The molecule has 3 aliphatic rings. The molecule has 0 spiro atoms. The van der Waals surface area contributed by atoms with Crippen molar-refractivity contribution in [1.29, 1.82) is 0 Å². The zero-order valence-corrected chi connectivity index (χ0v) is 16.1.